The molecule has 112 valence electrons. The van der Waals surface area contributed by atoms with Crippen molar-refractivity contribution in [2.75, 3.05) is 6.61 Å². The van der Waals surface area contributed by atoms with Gasteiger partial charge >= 0.3 is 0 Å². The van der Waals surface area contributed by atoms with Crippen LogP contribution in [-0.2, 0) is 4.79 Å². The maximum absolute atomic E-state index is 12.2. The summed E-state index contributed by atoms with van der Waals surface area (Å²) in [6.45, 7) is 0.00246. The summed E-state index contributed by atoms with van der Waals surface area (Å²) in [7, 11) is 0. The minimum Gasteiger partial charge on any atom is -0.484 e. The van der Waals surface area contributed by atoms with Crippen molar-refractivity contribution in [3.05, 3.63) is 65.7 Å². The SMILES string of the molecule is O=C(COc1ccc(C(=O)c2ccccc2)cc1)NC1CC1. The van der Waals surface area contributed by atoms with Crippen LogP contribution in [0.15, 0.2) is 54.6 Å². The van der Waals surface area contributed by atoms with E-state index >= 15 is 0 Å². The Labute approximate surface area is 129 Å². The number of hydrogen-bond donors (Lipinski definition) is 1. The van der Waals surface area contributed by atoms with E-state index in [0.717, 1.165) is 12.8 Å². The summed E-state index contributed by atoms with van der Waals surface area (Å²) in [5, 5.41) is 2.86. The fourth-order valence-electron chi connectivity index (χ4n) is 2.10. The number of carbonyl (C=O) groups excluding carboxylic acids is 2. The van der Waals surface area contributed by atoms with E-state index in [-0.39, 0.29) is 18.3 Å². The topological polar surface area (TPSA) is 55.4 Å². The van der Waals surface area contributed by atoms with Gasteiger partial charge in [0, 0.05) is 17.2 Å². The zero-order valence-corrected chi connectivity index (χ0v) is 12.1. The molecule has 1 saturated carbocycles. The van der Waals surface area contributed by atoms with Gasteiger partial charge in [0.25, 0.3) is 5.91 Å². The van der Waals surface area contributed by atoms with Crippen LogP contribution >= 0.6 is 0 Å². The Balaban J connectivity index is 1.57. The Morgan fingerprint density at radius 3 is 2.23 bits per heavy atom. The third kappa shape index (κ3) is 3.73. The summed E-state index contributed by atoms with van der Waals surface area (Å²) in [6, 6.07) is 16.3. The van der Waals surface area contributed by atoms with Gasteiger partial charge in [0.15, 0.2) is 12.4 Å². The molecule has 0 saturated heterocycles. The molecule has 4 heteroatoms. The summed E-state index contributed by atoms with van der Waals surface area (Å²) in [5.41, 5.74) is 1.25. The average Bonchev–Trinajstić information content (AvgIpc) is 3.37. The van der Waals surface area contributed by atoms with Crippen LogP contribution in [0, 0.1) is 0 Å². The van der Waals surface area contributed by atoms with E-state index in [1.807, 2.05) is 18.2 Å². The second-order valence-electron chi connectivity index (χ2n) is 5.35. The minimum absolute atomic E-state index is 0.00246. The number of ketones is 1. The van der Waals surface area contributed by atoms with Gasteiger partial charge in [-0.15, -0.1) is 0 Å². The molecule has 1 fully saturated rings. The molecule has 0 aliphatic heterocycles. The number of benzene rings is 2. The van der Waals surface area contributed by atoms with Gasteiger partial charge in [0.05, 0.1) is 0 Å². The zero-order chi connectivity index (χ0) is 15.4. The standard InChI is InChI=1S/C18H17NO3/c20-17(19-15-8-9-15)12-22-16-10-6-14(7-11-16)18(21)13-4-2-1-3-5-13/h1-7,10-11,15H,8-9,12H2,(H,19,20). The quantitative estimate of drug-likeness (QED) is 0.833. The van der Waals surface area contributed by atoms with E-state index < -0.39 is 0 Å². The molecule has 0 aromatic heterocycles. The smallest absolute Gasteiger partial charge is 0.258 e. The monoisotopic (exact) mass is 295 g/mol. The Bertz CT molecular complexity index is 660. The van der Waals surface area contributed by atoms with Crippen molar-refractivity contribution < 1.29 is 14.3 Å². The van der Waals surface area contributed by atoms with Crippen LogP contribution in [0.25, 0.3) is 0 Å². The van der Waals surface area contributed by atoms with Gasteiger partial charge < -0.3 is 10.1 Å². The molecule has 0 radical (unpaired) electrons. The molecule has 0 heterocycles. The second kappa shape index (κ2) is 6.43. The first-order chi connectivity index (χ1) is 10.7. The maximum Gasteiger partial charge on any atom is 0.258 e. The lowest BCUT2D eigenvalue weighted by atomic mass is 10.0. The first-order valence-electron chi connectivity index (χ1n) is 7.34. The number of ether oxygens (including phenoxy) is 1. The first-order valence-corrected chi connectivity index (χ1v) is 7.34. The molecule has 1 aliphatic rings. The van der Waals surface area contributed by atoms with Gasteiger partial charge in [-0.1, -0.05) is 30.3 Å². The lowest BCUT2D eigenvalue weighted by Crippen LogP contribution is -2.30. The molecule has 3 rings (SSSR count). The molecule has 1 amide bonds. The zero-order valence-electron chi connectivity index (χ0n) is 12.1. The minimum atomic E-state index is -0.105. The van der Waals surface area contributed by atoms with Crippen molar-refractivity contribution in [2.24, 2.45) is 0 Å². The Morgan fingerprint density at radius 2 is 1.59 bits per heavy atom. The first kappa shape index (κ1) is 14.3. The van der Waals surface area contributed by atoms with Crippen molar-refractivity contribution in [1.29, 1.82) is 0 Å². The van der Waals surface area contributed by atoms with Crippen LogP contribution in [0.5, 0.6) is 5.75 Å². The highest BCUT2D eigenvalue weighted by atomic mass is 16.5. The van der Waals surface area contributed by atoms with Gasteiger partial charge in [0.1, 0.15) is 5.75 Å². The highest BCUT2D eigenvalue weighted by Crippen LogP contribution is 2.19. The molecule has 2 aromatic carbocycles. The van der Waals surface area contributed by atoms with Crippen LogP contribution < -0.4 is 10.1 Å². The molecular weight excluding hydrogens is 278 g/mol. The molecule has 1 N–H and O–H groups in total. The van der Waals surface area contributed by atoms with Gasteiger partial charge in [-0.2, -0.15) is 0 Å². The van der Waals surface area contributed by atoms with E-state index in [1.165, 1.54) is 0 Å². The van der Waals surface area contributed by atoms with Crippen molar-refractivity contribution in [1.82, 2.24) is 5.32 Å². The van der Waals surface area contributed by atoms with E-state index in [2.05, 4.69) is 5.32 Å². The number of carbonyl (C=O) groups is 2. The molecule has 0 spiro atoms. The van der Waals surface area contributed by atoms with E-state index in [1.54, 1.807) is 36.4 Å². The molecule has 4 nitrogen and oxygen atoms in total. The summed E-state index contributed by atoms with van der Waals surface area (Å²) in [5.74, 6) is 0.445. The Kier molecular flexibility index (Phi) is 4.19. The van der Waals surface area contributed by atoms with E-state index in [4.69, 9.17) is 4.74 Å². The average molecular weight is 295 g/mol. The molecule has 0 unspecified atom stereocenters. The maximum atomic E-state index is 12.2. The molecule has 0 bridgehead atoms. The second-order valence-corrected chi connectivity index (χ2v) is 5.35. The van der Waals surface area contributed by atoms with Crippen molar-refractivity contribution >= 4 is 11.7 Å². The fraction of sp³-hybridized carbons (Fsp3) is 0.222. The lowest BCUT2D eigenvalue weighted by molar-refractivity contribution is -0.123. The van der Waals surface area contributed by atoms with Crippen molar-refractivity contribution in [3.63, 3.8) is 0 Å². The van der Waals surface area contributed by atoms with Crippen LogP contribution in [-0.4, -0.2) is 24.3 Å². The predicted molar refractivity (Wildman–Crippen MR) is 83.0 cm³/mol. The van der Waals surface area contributed by atoms with E-state index in [9.17, 15) is 9.59 Å². The van der Waals surface area contributed by atoms with E-state index in [0.29, 0.717) is 22.9 Å². The highest BCUT2D eigenvalue weighted by molar-refractivity contribution is 6.08. The van der Waals surface area contributed by atoms with Crippen molar-refractivity contribution in [3.8, 4) is 5.75 Å². The lowest BCUT2D eigenvalue weighted by Gasteiger charge is -2.07. The van der Waals surface area contributed by atoms with Crippen LogP contribution in [0.4, 0.5) is 0 Å². The number of nitrogens with one attached hydrogen (secondary N) is 1. The highest BCUT2D eigenvalue weighted by Gasteiger charge is 2.23. The summed E-state index contributed by atoms with van der Waals surface area (Å²) in [6.07, 6.45) is 2.12. The number of rotatable bonds is 6. The van der Waals surface area contributed by atoms with Crippen LogP contribution in [0.3, 0.4) is 0 Å². The molecule has 1 aliphatic carbocycles. The predicted octanol–water partition coefficient (Wildman–Crippen LogP) is 2.58. The summed E-state index contributed by atoms with van der Waals surface area (Å²) < 4.78 is 5.41. The number of hydrogen-bond acceptors (Lipinski definition) is 3. The van der Waals surface area contributed by atoms with Gasteiger partial charge in [-0.3, -0.25) is 9.59 Å². The van der Waals surface area contributed by atoms with Gasteiger partial charge in [-0.25, -0.2) is 0 Å². The van der Waals surface area contributed by atoms with Gasteiger partial charge in [-0.05, 0) is 37.1 Å². The molecule has 2 aromatic rings. The largest absolute Gasteiger partial charge is 0.484 e. The van der Waals surface area contributed by atoms with Crippen LogP contribution in [0.1, 0.15) is 28.8 Å². The Morgan fingerprint density at radius 1 is 0.955 bits per heavy atom. The summed E-state index contributed by atoms with van der Waals surface area (Å²) >= 11 is 0. The third-order valence-electron chi connectivity index (χ3n) is 3.46. The van der Waals surface area contributed by atoms with Crippen LogP contribution in [0.2, 0.25) is 0 Å². The van der Waals surface area contributed by atoms with Gasteiger partial charge in [0.2, 0.25) is 0 Å². The molecule has 0 atom stereocenters. The molecule has 22 heavy (non-hydrogen) atoms. The number of amides is 1. The van der Waals surface area contributed by atoms with Crippen molar-refractivity contribution in [2.45, 2.75) is 18.9 Å². The normalized spacial score (nSPS) is 13.5. The summed E-state index contributed by atoms with van der Waals surface area (Å²) in [4.78, 5) is 23.8. The fourth-order valence-corrected chi connectivity index (χ4v) is 2.10. The molecular formula is C18H17NO3. The third-order valence-corrected chi connectivity index (χ3v) is 3.46. The Hall–Kier alpha value is -2.62.